The molecule has 1 fully saturated rings. The Morgan fingerprint density at radius 3 is 1.33 bits per heavy atom. The lowest BCUT2D eigenvalue weighted by Gasteiger charge is -2.20. The van der Waals surface area contributed by atoms with Gasteiger partial charge in [0.2, 0.25) is 0 Å². The first-order chi connectivity index (χ1) is 6.91. The smallest absolute Gasteiger partial charge is 0.0316 e. The lowest BCUT2D eigenvalue weighted by atomic mass is 9.85. The Kier molecular flexibility index (Phi) is 4.26. The largest absolute Gasteiger partial charge is 0.0651 e. The van der Waals surface area contributed by atoms with Gasteiger partial charge < -0.3 is 0 Å². The number of hydrogen-bond donors (Lipinski definition) is 0. The van der Waals surface area contributed by atoms with Crippen LogP contribution in [0, 0.1) is 41.4 Å². The van der Waals surface area contributed by atoms with E-state index in [1.54, 1.807) is 0 Å². The van der Waals surface area contributed by atoms with E-state index in [1.165, 1.54) is 6.42 Å². The first kappa shape index (κ1) is 13.1. The van der Waals surface area contributed by atoms with Crippen LogP contribution in [0.25, 0.3) is 0 Å². The highest BCUT2D eigenvalue weighted by Crippen LogP contribution is 2.60. The third kappa shape index (κ3) is 2.57. The van der Waals surface area contributed by atoms with Crippen molar-refractivity contribution in [3.05, 3.63) is 0 Å². The summed E-state index contributed by atoms with van der Waals surface area (Å²) >= 11 is 0. The lowest BCUT2D eigenvalue weighted by molar-refractivity contribution is 0.289. The molecular formula is C15H30. The molecule has 3 atom stereocenters. The Balaban J connectivity index is 2.69. The van der Waals surface area contributed by atoms with Crippen LogP contribution in [0.5, 0.6) is 0 Å². The first-order valence-electron chi connectivity index (χ1n) is 6.91. The molecule has 0 amide bonds. The van der Waals surface area contributed by atoms with Gasteiger partial charge >= 0.3 is 0 Å². The molecule has 0 spiro atoms. The molecule has 15 heavy (non-hydrogen) atoms. The van der Waals surface area contributed by atoms with Gasteiger partial charge in [-0.2, -0.15) is 0 Å². The van der Waals surface area contributed by atoms with Crippen LogP contribution in [0.3, 0.4) is 0 Å². The summed E-state index contributed by atoms with van der Waals surface area (Å²) in [5.74, 6) is 6.64. The average molecular weight is 210 g/mol. The highest BCUT2D eigenvalue weighted by atomic mass is 14.6. The summed E-state index contributed by atoms with van der Waals surface area (Å²) < 4.78 is 0. The molecule has 1 saturated carbocycles. The van der Waals surface area contributed by atoms with Gasteiger partial charge in [0.15, 0.2) is 0 Å². The molecule has 1 aliphatic carbocycles. The van der Waals surface area contributed by atoms with Gasteiger partial charge in [-0.3, -0.25) is 0 Å². The van der Waals surface area contributed by atoms with Crippen molar-refractivity contribution in [1.82, 2.24) is 0 Å². The maximum atomic E-state index is 2.41. The molecule has 0 aromatic carbocycles. The fraction of sp³-hybridized carbons (Fsp3) is 1.00. The standard InChI is InChI=1S/C15H30/c1-8-12(9(2)3)15-13(10(4)5)14(15)11(6)7/h9-15H,8H2,1-7H3. The minimum Gasteiger partial charge on any atom is -0.0651 e. The number of hydrogen-bond acceptors (Lipinski definition) is 0. The Morgan fingerprint density at radius 1 is 0.733 bits per heavy atom. The Hall–Kier alpha value is 0. The predicted molar refractivity (Wildman–Crippen MR) is 68.8 cm³/mol. The third-order valence-corrected chi connectivity index (χ3v) is 4.55. The van der Waals surface area contributed by atoms with Crippen LogP contribution in [0.4, 0.5) is 0 Å². The van der Waals surface area contributed by atoms with E-state index in [1.807, 2.05) is 0 Å². The second-order valence-corrected chi connectivity index (χ2v) is 6.54. The molecule has 1 rings (SSSR count). The van der Waals surface area contributed by atoms with Crippen LogP contribution in [0.1, 0.15) is 54.9 Å². The van der Waals surface area contributed by atoms with E-state index in [9.17, 15) is 0 Å². The second kappa shape index (κ2) is 4.89. The van der Waals surface area contributed by atoms with Crippen molar-refractivity contribution in [3.8, 4) is 0 Å². The van der Waals surface area contributed by atoms with E-state index in [4.69, 9.17) is 0 Å². The van der Waals surface area contributed by atoms with E-state index in [-0.39, 0.29) is 0 Å². The molecule has 0 heterocycles. The van der Waals surface area contributed by atoms with Gasteiger partial charge in [-0.15, -0.1) is 0 Å². The first-order valence-corrected chi connectivity index (χ1v) is 6.91. The van der Waals surface area contributed by atoms with Crippen LogP contribution in [-0.2, 0) is 0 Å². The van der Waals surface area contributed by atoms with E-state index >= 15 is 0 Å². The average Bonchev–Trinajstić information content (AvgIpc) is 2.79. The van der Waals surface area contributed by atoms with Crippen LogP contribution in [0.15, 0.2) is 0 Å². The maximum absolute atomic E-state index is 2.41. The zero-order valence-corrected chi connectivity index (χ0v) is 11.7. The van der Waals surface area contributed by atoms with Crippen LogP contribution in [0.2, 0.25) is 0 Å². The Labute approximate surface area is 96.8 Å². The van der Waals surface area contributed by atoms with Crippen molar-refractivity contribution in [2.75, 3.05) is 0 Å². The highest BCUT2D eigenvalue weighted by molar-refractivity contribution is 5.03. The van der Waals surface area contributed by atoms with Gasteiger partial charge in [0.1, 0.15) is 0 Å². The number of rotatable bonds is 5. The minimum absolute atomic E-state index is 0.866. The van der Waals surface area contributed by atoms with Gasteiger partial charge in [0, 0.05) is 0 Å². The summed E-state index contributed by atoms with van der Waals surface area (Å²) in [7, 11) is 0. The Bertz CT molecular complexity index is 176. The third-order valence-electron chi connectivity index (χ3n) is 4.55. The summed E-state index contributed by atoms with van der Waals surface area (Å²) in [5.41, 5.74) is 0. The topological polar surface area (TPSA) is 0 Å². The van der Waals surface area contributed by atoms with Crippen LogP contribution in [-0.4, -0.2) is 0 Å². The van der Waals surface area contributed by atoms with E-state index in [0.717, 1.165) is 41.4 Å². The van der Waals surface area contributed by atoms with Gasteiger partial charge in [0.25, 0.3) is 0 Å². The lowest BCUT2D eigenvalue weighted by Crippen LogP contribution is -2.13. The van der Waals surface area contributed by atoms with E-state index in [0.29, 0.717) is 0 Å². The summed E-state index contributed by atoms with van der Waals surface area (Å²) in [6, 6.07) is 0. The van der Waals surface area contributed by atoms with Gasteiger partial charge in [-0.05, 0) is 41.4 Å². The van der Waals surface area contributed by atoms with Crippen molar-refractivity contribution in [2.24, 2.45) is 41.4 Å². The molecule has 1 aliphatic rings. The normalized spacial score (nSPS) is 32.8. The van der Waals surface area contributed by atoms with Gasteiger partial charge in [-0.25, -0.2) is 0 Å². The molecule has 0 aromatic heterocycles. The van der Waals surface area contributed by atoms with Crippen LogP contribution < -0.4 is 0 Å². The SMILES string of the molecule is CCC(C(C)C)C1C(C(C)C)C1C(C)C. The summed E-state index contributed by atoms with van der Waals surface area (Å²) in [5, 5.41) is 0. The van der Waals surface area contributed by atoms with Gasteiger partial charge in [-0.1, -0.05) is 54.9 Å². The zero-order chi connectivity index (χ0) is 11.7. The predicted octanol–water partition coefficient (Wildman–Crippen LogP) is 4.84. The molecule has 0 heteroatoms. The van der Waals surface area contributed by atoms with Crippen molar-refractivity contribution in [1.29, 1.82) is 0 Å². The fourth-order valence-corrected chi connectivity index (χ4v) is 3.92. The molecule has 0 saturated heterocycles. The fourth-order valence-electron chi connectivity index (χ4n) is 3.92. The van der Waals surface area contributed by atoms with Crippen molar-refractivity contribution in [2.45, 2.75) is 54.9 Å². The highest BCUT2D eigenvalue weighted by Gasteiger charge is 2.55. The molecule has 90 valence electrons. The van der Waals surface area contributed by atoms with Crippen molar-refractivity contribution >= 4 is 0 Å². The quantitative estimate of drug-likeness (QED) is 0.609. The summed E-state index contributed by atoms with van der Waals surface area (Å²) in [6.45, 7) is 16.8. The molecule has 3 unspecified atom stereocenters. The molecule has 0 bridgehead atoms. The minimum atomic E-state index is 0.866. The Morgan fingerprint density at radius 2 is 1.13 bits per heavy atom. The summed E-state index contributed by atoms with van der Waals surface area (Å²) in [4.78, 5) is 0. The molecule has 0 radical (unpaired) electrons. The molecule has 0 N–H and O–H groups in total. The van der Waals surface area contributed by atoms with Gasteiger partial charge in [0.05, 0.1) is 0 Å². The molecular weight excluding hydrogens is 180 g/mol. The second-order valence-electron chi connectivity index (χ2n) is 6.54. The summed E-state index contributed by atoms with van der Waals surface area (Å²) in [6.07, 6.45) is 1.37. The van der Waals surface area contributed by atoms with E-state index in [2.05, 4.69) is 48.5 Å². The zero-order valence-electron chi connectivity index (χ0n) is 11.7. The van der Waals surface area contributed by atoms with Crippen LogP contribution >= 0.6 is 0 Å². The monoisotopic (exact) mass is 210 g/mol. The molecule has 0 aromatic rings. The molecule has 0 nitrogen and oxygen atoms in total. The van der Waals surface area contributed by atoms with E-state index < -0.39 is 0 Å². The van der Waals surface area contributed by atoms with Crippen molar-refractivity contribution < 1.29 is 0 Å². The maximum Gasteiger partial charge on any atom is -0.0316 e. The van der Waals surface area contributed by atoms with Crippen molar-refractivity contribution in [3.63, 3.8) is 0 Å². The molecule has 0 aliphatic heterocycles.